The third-order valence-corrected chi connectivity index (χ3v) is 5.14. The van der Waals surface area contributed by atoms with E-state index in [0.717, 1.165) is 57.6 Å². The summed E-state index contributed by atoms with van der Waals surface area (Å²) in [5.41, 5.74) is 2.78. The van der Waals surface area contributed by atoms with Crippen molar-refractivity contribution in [1.29, 1.82) is 0 Å². The van der Waals surface area contributed by atoms with Crippen LogP contribution in [0.3, 0.4) is 0 Å². The van der Waals surface area contributed by atoms with Crippen molar-refractivity contribution < 1.29 is 4.74 Å². The lowest BCUT2D eigenvalue weighted by molar-refractivity contribution is 0.143. The van der Waals surface area contributed by atoms with Gasteiger partial charge in [0.1, 0.15) is 0 Å². The first kappa shape index (κ1) is 25.2. The number of piperidine rings is 1. The lowest BCUT2D eigenvalue weighted by Gasteiger charge is -2.31. The van der Waals surface area contributed by atoms with Gasteiger partial charge in [-0.25, -0.2) is 0 Å². The van der Waals surface area contributed by atoms with Crippen molar-refractivity contribution in [3.8, 4) is 0 Å². The largest absolute Gasteiger partial charge is 0.382 e. The zero-order chi connectivity index (χ0) is 19.3. The number of benzene rings is 1. The maximum absolute atomic E-state index is 5.38. The van der Waals surface area contributed by atoms with Crippen LogP contribution in [0.15, 0.2) is 29.3 Å². The molecule has 1 aliphatic rings. The molecule has 1 heterocycles. The van der Waals surface area contributed by atoms with Gasteiger partial charge in [0.05, 0.1) is 0 Å². The molecule has 1 aromatic carbocycles. The van der Waals surface area contributed by atoms with Crippen LogP contribution >= 0.6 is 24.0 Å². The summed E-state index contributed by atoms with van der Waals surface area (Å²) in [5.74, 6) is 1.68. The van der Waals surface area contributed by atoms with Gasteiger partial charge in [0.25, 0.3) is 0 Å². The van der Waals surface area contributed by atoms with Crippen molar-refractivity contribution >= 4 is 29.9 Å². The summed E-state index contributed by atoms with van der Waals surface area (Å²) in [6, 6.07) is 8.77. The van der Waals surface area contributed by atoms with E-state index >= 15 is 0 Å². The van der Waals surface area contributed by atoms with E-state index in [1.54, 1.807) is 0 Å². The number of aliphatic imine (C=N–C) groups is 1. The third-order valence-electron chi connectivity index (χ3n) is 5.14. The minimum absolute atomic E-state index is 0. The van der Waals surface area contributed by atoms with Crippen molar-refractivity contribution in [2.24, 2.45) is 10.9 Å². The summed E-state index contributed by atoms with van der Waals surface area (Å²) >= 11 is 0. The molecule has 2 rings (SSSR count). The SMILES string of the molecule is CCOCCCCNC(=NC)NCc1ccccc1CN1CCCC(C)C1.I. The fourth-order valence-electron chi connectivity index (χ4n) is 3.64. The summed E-state index contributed by atoms with van der Waals surface area (Å²) in [4.78, 5) is 6.94. The van der Waals surface area contributed by atoms with E-state index in [0.29, 0.717) is 0 Å². The first-order valence-corrected chi connectivity index (χ1v) is 10.5. The maximum Gasteiger partial charge on any atom is 0.191 e. The molecular weight excluding hydrogens is 463 g/mol. The van der Waals surface area contributed by atoms with Gasteiger partial charge in [0.15, 0.2) is 5.96 Å². The Hall–Kier alpha value is -0.860. The van der Waals surface area contributed by atoms with Crippen molar-refractivity contribution in [2.45, 2.75) is 52.6 Å². The van der Waals surface area contributed by atoms with Gasteiger partial charge in [-0.05, 0) is 56.2 Å². The third kappa shape index (κ3) is 9.56. The van der Waals surface area contributed by atoms with Gasteiger partial charge in [-0.3, -0.25) is 9.89 Å². The first-order valence-electron chi connectivity index (χ1n) is 10.5. The summed E-state index contributed by atoms with van der Waals surface area (Å²) in [6.07, 6.45) is 4.85. The number of halogens is 1. The second-order valence-corrected chi connectivity index (χ2v) is 7.51. The molecule has 1 saturated heterocycles. The highest BCUT2D eigenvalue weighted by molar-refractivity contribution is 14.0. The molecule has 0 aromatic heterocycles. The standard InChI is InChI=1S/C22H38N4O.HI/c1-4-27-15-8-7-13-24-22(23-3)25-16-20-11-5-6-12-21(20)18-26-14-9-10-19(2)17-26;/h5-6,11-12,19H,4,7-10,13-18H2,1-3H3,(H2,23,24,25);1H. The lowest BCUT2D eigenvalue weighted by atomic mass is 9.99. The zero-order valence-electron chi connectivity index (χ0n) is 17.9. The molecule has 0 radical (unpaired) electrons. The minimum Gasteiger partial charge on any atom is -0.382 e. The van der Waals surface area contributed by atoms with E-state index in [9.17, 15) is 0 Å². The molecular formula is C22H39IN4O. The molecule has 1 unspecified atom stereocenters. The molecule has 5 nitrogen and oxygen atoms in total. The Morgan fingerprint density at radius 3 is 2.71 bits per heavy atom. The van der Waals surface area contributed by atoms with Gasteiger partial charge in [0, 0.05) is 46.4 Å². The van der Waals surface area contributed by atoms with Gasteiger partial charge in [-0.1, -0.05) is 31.2 Å². The molecule has 6 heteroatoms. The van der Waals surface area contributed by atoms with Crippen LogP contribution in [0.5, 0.6) is 0 Å². The van der Waals surface area contributed by atoms with Crippen molar-refractivity contribution in [1.82, 2.24) is 15.5 Å². The van der Waals surface area contributed by atoms with Crippen LogP contribution in [0, 0.1) is 5.92 Å². The highest BCUT2D eigenvalue weighted by Crippen LogP contribution is 2.19. The minimum atomic E-state index is 0. The van der Waals surface area contributed by atoms with Crippen LogP contribution in [0.4, 0.5) is 0 Å². The average Bonchev–Trinajstić information content (AvgIpc) is 2.68. The summed E-state index contributed by atoms with van der Waals surface area (Å²) in [7, 11) is 1.83. The monoisotopic (exact) mass is 502 g/mol. The van der Waals surface area contributed by atoms with Crippen LogP contribution in [0.1, 0.15) is 50.7 Å². The summed E-state index contributed by atoms with van der Waals surface area (Å²) < 4.78 is 5.38. The highest BCUT2D eigenvalue weighted by Gasteiger charge is 2.17. The number of guanidine groups is 1. The lowest BCUT2D eigenvalue weighted by Crippen LogP contribution is -2.38. The number of nitrogens with zero attached hydrogens (tertiary/aromatic N) is 2. The van der Waals surface area contributed by atoms with Gasteiger partial charge in [-0.15, -0.1) is 24.0 Å². The molecule has 0 spiro atoms. The molecule has 0 saturated carbocycles. The van der Waals surface area contributed by atoms with Crippen LogP contribution in [0.25, 0.3) is 0 Å². The van der Waals surface area contributed by atoms with Crippen LogP contribution in [0.2, 0.25) is 0 Å². The van der Waals surface area contributed by atoms with E-state index in [1.165, 1.54) is 37.1 Å². The second-order valence-electron chi connectivity index (χ2n) is 7.51. The maximum atomic E-state index is 5.38. The van der Waals surface area contributed by atoms with Crippen LogP contribution < -0.4 is 10.6 Å². The van der Waals surface area contributed by atoms with Crippen LogP contribution in [-0.2, 0) is 17.8 Å². The fourth-order valence-corrected chi connectivity index (χ4v) is 3.64. The predicted molar refractivity (Wildman–Crippen MR) is 129 cm³/mol. The predicted octanol–water partition coefficient (Wildman–Crippen LogP) is 4.02. The number of likely N-dealkylation sites (tertiary alicyclic amines) is 1. The molecule has 1 fully saturated rings. The average molecular weight is 502 g/mol. The number of nitrogens with one attached hydrogen (secondary N) is 2. The van der Waals surface area contributed by atoms with Crippen molar-refractivity contribution in [3.05, 3.63) is 35.4 Å². The Balaban J connectivity index is 0.00000392. The van der Waals surface area contributed by atoms with Gasteiger partial charge >= 0.3 is 0 Å². The topological polar surface area (TPSA) is 48.9 Å². The molecule has 0 amide bonds. The zero-order valence-corrected chi connectivity index (χ0v) is 20.2. The van der Waals surface area contributed by atoms with Gasteiger partial charge < -0.3 is 15.4 Å². The molecule has 1 aliphatic heterocycles. The van der Waals surface area contributed by atoms with Crippen molar-refractivity contribution in [2.75, 3.05) is 39.9 Å². The van der Waals surface area contributed by atoms with Crippen LogP contribution in [-0.4, -0.2) is 50.8 Å². The van der Waals surface area contributed by atoms with Crippen molar-refractivity contribution in [3.63, 3.8) is 0 Å². The number of ether oxygens (including phenoxy) is 1. The number of rotatable bonds is 10. The number of hydrogen-bond donors (Lipinski definition) is 2. The van der Waals surface area contributed by atoms with Gasteiger partial charge in [-0.2, -0.15) is 0 Å². The molecule has 160 valence electrons. The molecule has 1 aromatic rings. The molecule has 0 aliphatic carbocycles. The molecule has 2 N–H and O–H groups in total. The second kappa shape index (κ2) is 15.0. The van der Waals surface area contributed by atoms with E-state index in [1.807, 2.05) is 14.0 Å². The fraction of sp³-hybridized carbons (Fsp3) is 0.682. The van der Waals surface area contributed by atoms with E-state index < -0.39 is 0 Å². The molecule has 1 atom stereocenters. The Morgan fingerprint density at radius 2 is 2.00 bits per heavy atom. The van der Waals surface area contributed by atoms with E-state index in [4.69, 9.17) is 4.74 Å². The Labute approximate surface area is 188 Å². The number of unbranched alkanes of at least 4 members (excludes halogenated alkanes) is 1. The smallest absolute Gasteiger partial charge is 0.191 e. The van der Waals surface area contributed by atoms with E-state index in [-0.39, 0.29) is 24.0 Å². The van der Waals surface area contributed by atoms with Gasteiger partial charge in [0.2, 0.25) is 0 Å². The molecule has 28 heavy (non-hydrogen) atoms. The summed E-state index contributed by atoms with van der Waals surface area (Å²) in [5, 5.41) is 6.86. The highest BCUT2D eigenvalue weighted by atomic mass is 127. The molecule has 0 bridgehead atoms. The Morgan fingerprint density at radius 1 is 1.21 bits per heavy atom. The Kier molecular flexibility index (Phi) is 13.5. The summed E-state index contributed by atoms with van der Waals surface area (Å²) in [6.45, 7) is 11.2. The first-order chi connectivity index (χ1) is 13.2. The number of hydrogen-bond acceptors (Lipinski definition) is 3. The van der Waals surface area contributed by atoms with E-state index in [2.05, 4.69) is 51.7 Å². The normalized spacial score (nSPS) is 17.8. The quantitative estimate of drug-likeness (QED) is 0.220. The Bertz CT molecular complexity index is 567.